The lowest BCUT2D eigenvalue weighted by Crippen LogP contribution is -1.97. The average Bonchev–Trinajstić information content (AvgIpc) is 2.51. The summed E-state index contributed by atoms with van der Waals surface area (Å²) in [6, 6.07) is 14.0. The third-order valence-electron chi connectivity index (χ3n) is 3.49. The Kier molecular flexibility index (Phi) is 3.71. The van der Waals surface area contributed by atoms with Crippen molar-refractivity contribution in [3.63, 3.8) is 0 Å². The summed E-state index contributed by atoms with van der Waals surface area (Å²) in [7, 11) is 0. The van der Waals surface area contributed by atoms with Gasteiger partial charge in [-0.1, -0.05) is 36.4 Å². The first-order valence-corrected chi connectivity index (χ1v) is 6.94. The van der Waals surface area contributed by atoms with Crippen LogP contribution in [0, 0.1) is 11.2 Å². The molecule has 3 heteroatoms. The van der Waals surface area contributed by atoms with Gasteiger partial charge in [-0.25, -0.2) is 4.39 Å². The van der Waals surface area contributed by atoms with Crippen molar-refractivity contribution >= 4 is 17.0 Å². The minimum Gasteiger partial charge on any atom is -0.399 e. The molecule has 0 aliphatic heterocycles. The third kappa shape index (κ3) is 2.88. The van der Waals surface area contributed by atoms with E-state index in [1.807, 2.05) is 42.5 Å². The molecule has 1 aliphatic rings. The largest absolute Gasteiger partial charge is 0.399 e. The van der Waals surface area contributed by atoms with Crippen molar-refractivity contribution in [1.29, 1.82) is 5.41 Å². The van der Waals surface area contributed by atoms with Crippen LogP contribution >= 0.6 is 0 Å². The molecule has 2 aromatic carbocycles. The van der Waals surface area contributed by atoms with Gasteiger partial charge in [-0.3, -0.25) is 0 Å². The summed E-state index contributed by atoms with van der Waals surface area (Å²) in [4.78, 5) is 0. The molecule has 108 valence electrons. The minimum absolute atomic E-state index is 0.275. The Morgan fingerprint density at radius 2 is 1.55 bits per heavy atom. The zero-order valence-corrected chi connectivity index (χ0v) is 11.9. The summed E-state index contributed by atoms with van der Waals surface area (Å²) < 4.78 is 13.6. The first-order chi connectivity index (χ1) is 10.6. The highest BCUT2D eigenvalue weighted by atomic mass is 19.1. The molecule has 0 amide bonds. The van der Waals surface area contributed by atoms with Crippen molar-refractivity contribution in [2.24, 2.45) is 0 Å². The van der Waals surface area contributed by atoms with Gasteiger partial charge in [0.05, 0.1) is 5.71 Å². The lowest BCUT2D eigenvalue weighted by atomic mass is 9.91. The van der Waals surface area contributed by atoms with Crippen molar-refractivity contribution in [1.82, 2.24) is 0 Å². The second kappa shape index (κ2) is 5.82. The molecule has 0 unspecified atom stereocenters. The Balaban J connectivity index is 2.21. The number of hydrogen-bond donors (Lipinski definition) is 2. The second-order valence-corrected chi connectivity index (χ2v) is 5.08. The van der Waals surface area contributed by atoms with Crippen LogP contribution in [0.1, 0.15) is 11.1 Å². The van der Waals surface area contributed by atoms with Crippen molar-refractivity contribution in [3.8, 4) is 0 Å². The molecule has 22 heavy (non-hydrogen) atoms. The van der Waals surface area contributed by atoms with Gasteiger partial charge < -0.3 is 11.1 Å². The van der Waals surface area contributed by atoms with Crippen molar-refractivity contribution in [2.75, 3.05) is 5.73 Å². The van der Waals surface area contributed by atoms with Gasteiger partial charge >= 0.3 is 0 Å². The van der Waals surface area contributed by atoms with Crippen molar-refractivity contribution < 1.29 is 4.39 Å². The number of benzene rings is 2. The number of halogens is 1. The topological polar surface area (TPSA) is 49.9 Å². The Morgan fingerprint density at radius 3 is 2.18 bits per heavy atom. The molecule has 0 fully saturated rings. The quantitative estimate of drug-likeness (QED) is 0.793. The molecule has 3 N–H and O–H groups in total. The van der Waals surface area contributed by atoms with E-state index in [0.717, 1.165) is 22.3 Å². The fraction of sp³-hybridized carbons (Fsp3) is 0. The number of hydrogen-bond acceptors (Lipinski definition) is 2. The second-order valence-electron chi connectivity index (χ2n) is 5.08. The number of nitrogens with two attached hydrogens (primary N) is 1. The molecule has 0 heterocycles. The van der Waals surface area contributed by atoms with Crippen molar-refractivity contribution in [2.45, 2.75) is 0 Å². The molecule has 1 aliphatic carbocycles. The summed E-state index contributed by atoms with van der Waals surface area (Å²) >= 11 is 0. The van der Waals surface area contributed by atoms with E-state index in [1.165, 1.54) is 12.1 Å². The monoisotopic (exact) mass is 290 g/mol. The standard InChI is InChI=1S/C19H15FN2/c20-16-3-1-2-15(12-16)19(13-4-8-17(21)9-5-13)14-6-10-18(22)11-7-14/h1-12,21H,22H2. The Hall–Kier alpha value is -2.94. The third-order valence-corrected chi connectivity index (χ3v) is 3.49. The molecular formula is C19H15FN2. The Morgan fingerprint density at radius 1 is 0.864 bits per heavy atom. The van der Waals surface area contributed by atoms with Crippen LogP contribution in [0.2, 0.25) is 0 Å². The molecule has 0 saturated carbocycles. The molecule has 0 saturated heterocycles. The maximum absolute atomic E-state index is 13.6. The van der Waals surface area contributed by atoms with E-state index in [1.54, 1.807) is 18.2 Å². The van der Waals surface area contributed by atoms with Crippen LogP contribution < -0.4 is 5.73 Å². The molecule has 3 rings (SSSR count). The Bertz CT molecular complexity index is 794. The first kappa shape index (κ1) is 14.0. The fourth-order valence-corrected chi connectivity index (χ4v) is 2.43. The zero-order valence-electron chi connectivity index (χ0n) is 11.9. The molecule has 0 aromatic heterocycles. The molecular weight excluding hydrogens is 275 g/mol. The van der Waals surface area contributed by atoms with E-state index in [-0.39, 0.29) is 5.82 Å². The molecule has 2 nitrogen and oxygen atoms in total. The van der Waals surface area contributed by atoms with E-state index in [4.69, 9.17) is 11.1 Å². The SMILES string of the molecule is N=C1C=CC(=C(c2ccc(N)cc2)c2cccc(F)c2)C=C1. The summed E-state index contributed by atoms with van der Waals surface area (Å²) in [6.45, 7) is 0. The molecule has 0 bridgehead atoms. The normalized spacial score (nSPS) is 13.5. The van der Waals surface area contributed by atoms with Gasteiger partial charge in [-0.05, 0) is 58.7 Å². The molecule has 2 aromatic rings. The number of allylic oxidation sites excluding steroid dienone is 5. The maximum atomic E-state index is 13.6. The maximum Gasteiger partial charge on any atom is 0.123 e. The number of nitrogen functional groups attached to an aromatic ring is 1. The first-order valence-electron chi connectivity index (χ1n) is 6.94. The minimum atomic E-state index is -0.275. The summed E-state index contributed by atoms with van der Waals surface area (Å²) in [6.07, 6.45) is 7.20. The summed E-state index contributed by atoms with van der Waals surface area (Å²) in [5.41, 5.74) is 10.5. The van der Waals surface area contributed by atoms with E-state index < -0.39 is 0 Å². The van der Waals surface area contributed by atoms with Crippen LogP contribution in [-0.4, -0.2) is 5.71 Å². The van der Waals surface area contributed by atoms with E-state index in [9.17, 15) is 4.39 Å². The fourth-order valence-electron chi connectivity index (χ4n) is 2.43. The Labute approximate surface area is 128 Å². The van der Waals surface area contributed by atoms with Crippen LogP contribution in [0.4, 0.5) is 10.1 Å². The van der Waals surface area contributed by atoms with Crippen molar-refractivity contribution in [3.05, 3.63) is 95.4 Å². The van der Waals surface area contributed by atoms with Crippen LogP contribution in [0.5, 0.6) is 0 Å². The van der Waals surface area contributed by atoms with Crippen LogP contribution in [0.3, 0.4) is 0 Å². The number of nitrogens with one attached hydrogen (secondary N) is 1. The van der Waals surface area contributed by atoms with Gasteiger partial charge in [-0.2, -0.15) is 0 Å². The lowest BCUT2D eigenvalue weighted by Gasteiger charge is -2.14. The molecule has 0 radical (unpaired) electrons. The number of anilines is 1. The zero-order chi connectivity index (χ0) is 15.5. The van der Waals surface area contributed by atoms with E-state index in [0.29, 0.717) is 11.4 Å². The number of rotatable bonds is 2. The van der Waals surface area contributed by atoms with Gasteiger partial charge in [0.2, 0.25) is 0 Å². The van der Waals surface area contributed by atoms with Gasteiger partial charge in [-0.15, -0.1) is 0 Å². The smallest absolute Gasteiger partial charge is 0.123 e. The predicted octanol–water partition coefficient (Wildman–Crippen LogP) is 4.36. The average molecular weight is 290 g/mol. The van der Waals surface area contributed by atoms with E-state index >= 15 is 0 Å². The van der Waals surface area contributed by atoms with Gasteiger partial charge in [0.1, 0.15) is 5.82 Å². The predicted molar refractivity (Wildman–Crippen MR) is 89.3 cm³/mol. The van der Waals surface area contributed by atoms with Crippen LogP contribution in [0.15, 0.2) is 78.4 Å². The summed E-state index contributed by atoms with van der Waals surface area (Å²) in [5.74, 6) is -0.275. The van der Waals surface area contributed by atoms with Crippen LogP contribution in [0.25, 0.3) is 5.57 Å². The highest BCUT2D eigenvalue weighted by Gasteiger charge is 2.11. The highest BCUT2D eigenvalue weighted by Crippen LogP contribution is 2.30. The van der Waals surface area contributed by atoms with Gasteiger partial charge in [0.15, 0.2) is 0 Å². The van der Waals surface area contributed by atoms with Crippen LogP contribution in [-0.2, 0) is 0 Å². The highest BCUT2D eigenvalue weighted by molar-refractivity contribution is 6.05. The van der Waals surface area contributed by atoms with Gasteiger partial charge in [0, 0.05) is 5.69 Å². The molecule has 0 spiro atoms. The molecule has 0 atom stereocenters. The van der Waals surface area contributed by atoms with E-state index in [2.05, 4.69) is 0 Å². The lowest BCUT2D eigenvalue weighted by molar-refractivity contribution is 0.627. The summed E-state index contributed by atoms with van der Waals surface area (Å²) in [5, 5.41) is 7.62. The van der Waals surface area contributed by atoms with Gasteiger partial charge in [0.25, 0.3) is 0 Å².